The summed E-state index contributed by atoms with van der Waals surface area (Å²) >= 11 is 6.45. The van der Waals surface area contributed by atoms with Crippen molar-refractivity contribution in [3.63, 3.8) is 0 Å². The lowest BCUT2D eigenvalue weighted by molar-refractivity contribution is 0.409. The van der Waals surface area contributed by atoms with Crippen molar-refractivity contribution in [3.05, 3.63) is 29.0 Å². The molecule has 1 aromatic heterocycles. The summed E-state index contributed by atoms with van der Waals surface area (Å²) in [5.74, 6) is 0.757. The van der Waals surface area contributed by atoms with Crippen molar-refractivity contribution in [1.29, 1.82) is 0 Å². The van der Waals surface area contributed by atoms with E-state index >= 15 is 0 Å². The highest BCUT2D eigenvalue weighted by atomic mass is 35.5. The van der Waals surface area contributed by atoms with Crippen LogP contribution in [0.15, 0.2) is 22.8 Å². The Kier molecular flexibility index (Phi) is 3.18. The molecule has 0 spiro atoms. The van der Waals surface area contributed by atoms with Gasteiger partial charge in [0.05, 0.1) is 18.4 Å². The average Bonchev–Trinajstić information content (AvgIpc) is 3.03. The molecule has 0 amide bonds. The number of hydrogen-bond donors (Lipinski definition) is 1. The second kappa shape index (κ2) is 4.82. The second-order valence-corrected chi connectivity index (χ2v) is 5.09. The van der Waals surface area contributed by atoms with Crippen LogP contribution >= 0.6 is 11.6 Å². The zero-order valence-electron chi connectivity index (χ0n) is 10.3. The fourth-order valence-corrected chi connectivity index (χ4v) is 2.91. The molecule has 0 bridgehead atoms. The van der Waals surface area contributed by atoms with Crippen LogP contribution < -0.4 is 10.1 Å². The molecule has 1 atom stereocenters. The first-order valence-electron chi connectivity index (χ1n) is 6.25. The van der Waals surface area contributed by atoms with Crippen LogP contribution in [0.3, 0.4) is 0 Å². The molecule has 1 aromatic carbocycles. The van der Waals surface area contributed by atoms with E-state index in [9.17, 15) is 0 Å². The Bertz CT molecular complexity index is 558. The van der Waals surface area contributed by atoms with Gasteiger partial charge in [-0.1, -0.05) is 11.6 Å². The molecule has 1 aliphatic heterocycles. The zero-order valence-corrected chi connectivity index (χ0v) is 11.1. The molecule has 0 radical (unpaired) electrons. The van der Waals surface area contributed by atoms with Crippen LogP contribution in [0.4, 0.5) is 0 Å². The fourth-order valence-electron chi connectivity index (χ4n) is 2.63. The van der Waals surface area contributed by atoms with Crippen LogP contribution in [0, 0.1) is 0 Å². The first-order valence-corrected chi connectivity index (χ1v) is 6.63. The number of furan rings is 1. The van der Waals surface area contributed by atoms with Gasteiger partial charge in [0.2, 0.25) is 0 Å². The molecule has 1 fully saturated rings. The summed E-state index contributed by atoms with van der Waals surface area (Å²) in [6, 6.07) is 4.41. The van der Waals surface area contributed by atoms with E-state index < -0.39 is 0 Å². The molecule has 1 aliphatic rings. The van der Waals surface area contributed by atoms with Crippen molar-refractivity contribution in [2.24, 2.45) is 0 Å². The van der Waals surface area contributed by atoms with Crippen LogP contribution in [-0.2, 0) is 6.42 Å². The summed E-state index contributed by atoms with van der Waals surface area (Å²) in [4.78, 5) is 0. The monoisotopic (exact) mass is 265 g/mol. The summed E-state index contributed by atoms with van der Waals surface area (Å²) in [6.07, 6.45) is 5.04. The molecular weight excluding hydrogens is 250 g/mol. The lowest BCUT2D eigenvalue weighted by Crippen LogP contribution is -2.23. The Morgan fingerprint density at radius 3 is 3.17 bits per heavy atom. The van der Waals surface area contributed by atoms with Crippen LogP contribution in [-0.4, -0.2) is 19.7 Å². The maximum Gasteiger partial charge on any atom is 0.177 e. The predicted molar refractivity (Wildman–Crippen MR) is 72.5 cm³/mol. The number of nitrogens with one attached hydrogen (secondary N) is 1. The number of fused-ring (bicyclic) bond motifs is 1. The van der Waals surface area contributed by atoms with Crippen molar-refractivity contribution in [1.82, 2.24) is 5.32 Å². The fraction of sp³-hybridized carbons (Fsp3) is 0.429. The molecule has 2 heterocycles. The molecule has 2 aromatic rings. The van der Waals surface area contributed by atoms with E-state index in [1.54, 1.807) is 13.4 Å². The maximum absolute atomic E-state index is 6.45. The molecule has 0 saturated carbocycles. The van der Waals surface area contributed by atoms with Crippen molar-refractivity contribution in [2.75, 3.05) is 13.7 Å². The van der Waals surface area contributed by atoms with Gasteiger partial charge >= 0.3 is 0 Å². The van der Waals surface area contributed by atoms with Gasteiger partial charge in [-0.15, -0.1) is 0 Å². The zero-order chi connectivity index (χ0) is 12.5. The molecule has 96 valence electrons. The van der Waals surface area contributed by atoms with Crippen LogP contribution in [0.5, 0.6) is 5.75 Å². The minimum absolute atomic E-state index is 0.525. The van der Waals surface area contributed by atoms with Gasteiger partial charge in [0.1, 0.15) is 0 Å². The summed E-state index contributed by atoms with van der Waals surface area (Å²) in [5.41, 5.74) is 1.85. The molecule has 4 heteroatoms. The SMILES string of the molecule is COc1cc(CC2CCCN2)c(Cl)c2ccoc12. The number of ether oxygens (including phenoxy) is 1. The minimum atomic E-state index is 0.525. The van der Waals surface area contributed by atoms with Gasteiger partial charge in [-0.25, -0.2) is 0 Å². The van der Waals surface area contributed by atoms with Gasteiger partial charge in [0, 0.05) is 11.4 Å². The van der Waals surface area contributed by atoms with Gasteiger partial charge in [-0.05, 0) is 43.5 Å². The lowest BCUT2D eigenvalue weighted by atomic mass is 10.0. The van der Waals surface area contributed by atoms with E-state index in [-0.39, 0.29) is 0 Å². The molecule has 1 saturated heterocycles. The Morgan fingerprint density at radius 1 is 1.56 bits per heavy atom. The normalized spacial score (nSPS) is 19.6. The molecule has 0 aliphatic carbocycles. The average molecular weight is 266 g/mol. The largest absolute Gasteiger partial charge is 0.493 e. The van der Waals surface area contributed by atoms with Crippen molar-refractivity contribution in [3.8, 4) is 5.75 Å². The summed E-state index contributed by atoms with van der Waals surface area (Å²) in [5, 5.41) is 5.21. The Hall–Kier alpha value is -1.19. The van der Waals surface area contributed by atoms with E-state index in [1.807, 2.05) is 12.1 Å². The predicted octanol–water partition coefficient (Wildman–Crippen LogP) is 3.39. The third kappa shape index (κ3) is 1.98. The first kappa shape index (κ1) is 11.9. The van der Waals surface area contributed by atoms with Crippen molar-refractivity contribution < 1.29 is 9.15 Å². The maximum atomic E-state index is 6.45. The molecule has 3 nitrogen and oxygen atoms in total. The Labute approximate surface area is 111 Å². The van der Waals surface area contributed by atoms with Crippen LogP contribution in [0.2, 0.25) is 5.02 Å². The van der Waals surface area contributed by atoms with Crippen LogP contribution in [0.1, 0.15) is 18.4 Å². The highest BCUT2D eigenvalue weighted by molar-refractivity contribution is 6.36. The van der Waals surface area contributed by atoms with Gasteiger partial charge < -0.3 is 14.5 Å². The van der Waals surface area contributed by atoms with Gasteiger partial charge in [-0.3, -0.25) is 0 Å². The van der Waals surface area contributed by atoms with Gasteiger partial charge in [-0.2, -0.15) is 0 Å². The van der Waals surface area contributed by atoms with Gasteiger partial charge in [0.15, 0.2) is 11.3 Å². The molecule has 3 rings (SSSR count). The number of hydrogen-bond acceptors (Lipinski definition) is 3. The number of halogens is 1. The van der Waals surface area contributed by atoms with Crippen LogP contribution in [0.25, 0.3) is 11.0 Å². The Balaban J connectivity index is 2.02. The topological polar surface area (TPSA) is 34.4 Å². The van der Waals surface area contributed by atoms with E-state index in [1.165, 1.54) is 12.8 Å². The summed E-state index contributed by atoms with van der Waals surface area (Å²) in [6.45, 7) is 1.10. The number of methoxy groups -OCH3 is 1. The lowest BCUT2D eigenvalue weighted by Gasteiger charge is -2.13. The van der Waals surface area contributed by atoms with Crippen molar-refractivity contribution >= 4 is 22.6 Å². The highest BCUT2D eigenvalue weighted by Crippen LogP contribution is 2.36. The van der Waals surface area contributed by atoms with Gasteiger partial charge in [0.25, 0.3) is 0 Å². The molecule has 18 heavy (non-hydrogen) atoms. The molecular formula is C14H16ClNO2. The molecule has 1 N–H and O–H groups in total. The third-order valence-corrected chi connectivity index (χ3v) is 4.01. The Morgan fingerprint density at radius 2 is 2.44 bits per heavy atom. The smallest absolute Gasteiger partial charge is 0.177 e. The van der Waals surface area contributed by atoms with E-state index in [2.05, 4.69) is 5.32 Å². The minimum Gasteiger partial charge on any atom is -0.493 e. The highest BCUT2D eigenvalue weighted by Gasteiger charge is 2.19. The van der Waals surface area contributed by atoms with E-state index in [0.29, 0.717) is 6.04 Å². The van der Waals surface area contributed by atoms with Crippen molar-refractivity contribution in [2.45, 2.75) is 25.3 Å². The third-order valence-electron chi connectivity index (χ3n) is 3.56. The number of rotatable bonds is 3. The summed E-state index contributed by atoms with van der Waals surface area (Å²) < 4.78 is 10.8. The van der Waals surface area contributed by atoms with E-state index in [4.69, 9.17) is 20.8 Å². The number of benzene rings is 1. The molecule has 1 unspecified atom stereocenters. The quantitative estimate of drug-likeness (QED) is 0.924. The van der Waals surface area contributed by atoms with E-state index in [0.717, 1.165) is 40.3 Å². The summed E-state index contributed by atoms with van der Waals surface area (Å²) in [7, 11) is 1.66. The standard InChI is InChI=1S/C14H16ClNO2/c1-17-12-8-9(7-10-3-2-5-16-10)13(15)11-4-6-18-14(11)12/h4,6,8,10,16H,2-3,5,7H2,1H3. The second-order valence-electron chi connectivity index (χ2n) is 4.71. The first-order chi connectivity index (χ1) is 8.79.